The van der Waals surface area contributed by atoms with Gasteiger partial charge < -0.3 is 19.5 Å². The molecule has 2 aromatic heterocycles. The SMILES string of the molecule is Cc1nc(-c2nnn(C)c2COC(=O)N(C)CC2CCC2)ccc1OCC12CCC(C(=O)O)(C1)C2. The maximum atomic E-state index is 12.4. The van der Waals surface area contributed by atoms with Crippen molar-refractivity contribution in [3.8, 4) is 17.1 Å². The van der Waals surface area contributed by atoms with Crippen LogP contribution in [0.25, 0.3) is 11.4 Å². The van der Waals surface area contributed by atoms with Gasteiger partial charge in [0.2, 0.25) is 0 Å². The fourth-order valence-electron chi connectivity index (χ4n) is 5.85. The van der Waals surface area contributed by atoms with Crippen LogP contribution in [0.2, 0.25) is 0 Å². The van der Waals surface area contributed by atoms with Crippen LogP contribution in [0.15, 0.2) is 12.1 Å². The Morgan fingerprint density at radius 2 is 2.03 bits per heavy atom. The van der Waals surface area contributed by atoms with Crippen LogP contribution in [0.3, 0.4) is 0 Å². The van der Waals surface area contributed by atoms with Crippen LogP contribution in [0.4, 0.5) is 4.79 Å². The number of nitrogens with zero attached hydrogens (tertiary/aromatic N) is 5. The fraction of sp³-hybridized carbons (Fsp3) is 0.640. The number of aliphatic carboxylic acids is 1. The lowest BCUT2D eigenvalue weighted by atomic mass is 9.60. The summed E-state index contributed by atoms with van der Waals surface area (Å²) in [6.07, 6.45) is 6.23. The quantitative estimate of drug-likeness (QED) is 0.575. The minimum atomic E-state index is -0.678. The molecule has 1 N–H and O–H groups in total. The van der Waals surface area contributed by atoms with Gasteiger partial charge in [-0.2, -0.15) is 0 Å². The monoisotopic (exact) mass is 483 g/mol. The second-order valence-corrected chi connectivity index (χ2v) is 10.7. The van der Waals surface area contributed by atoms with Crippen LogP contribution in [0.1, 0.15) is 56.3 Å². The minimum absolute atomic E-state index is 0.0305. The Kier molecular flexibility index (Phi) is 5.93. The summed E-state index contributed by atoms with van der Waals surface area (Å²) in [6, 6.07) is 3.69. The van der Waals surface area contributed by atoms with Gasteiger partial charge >= 0.3 is 12.1 Å². The highest BCUT2D eigenvalue weighted by Crippen LogP contribution is 2.67. The molecule has 10 nitrogen and oxygen atoms in total. The Morgan fingerprint density at radius 3 is 2.66 bits per heavy atom. The Bertz CT molecular complexity index is 1140. The number of amides is 1. The molecule has 0 aromatic carbocycles. The molecule has 2 aromatic rings. The van der Waals surface area contributed by atoms with Crippen LogP contribution < -0.4 is 4.74 Å². The van der Waals surface area contributed by atoms with Gasteiger partial charge in [-0.25, -0.2) is 14.5 Å². The molecule has 6 rings (SSSR count). The predicted molar refractivity (Wildman–Crippen MR) is 126 cm³/mol. The van der Waals surface area contributed by atoms with Gasteiger partial charge in [-0.3, -0.25) is 4.79 Å². The average Bonchev–Trinajstić information content (AvgIpc) is 3.45. The molecule has 1 amide bonds. The summed E-state index contributed by atoms with van der Waals surface area (Å²) in [5.74, 6) is 0.576. The number of fused-ring (bicyclic) bond motifs is 1. The van der Waals surface area contributed by atoms with Crippen molar-refractivity contribution in [3.05, 3.63) is 23.5 Å². The second-order valence-electron chi connectivity index (χ2n) is 10.7. The highest BCUT2D eigenvalue weighted by molar-refractivity contribution is 5.77. The van der Waals surface area contributed by atoms with Crippen molar-refractivity contribution in [1.82, 2.24) is 24.9 Å². The van der Waals surface area contributed by atoms with E-state index in [4.69, 9.17) is 9.47 Å². The van der Waals surface area contributed by atoms with E-state index in [0.29, 0.717) is 48.2 Å². The predicted octanol–water partition coefficient (Wildman–Crippen LogP) is 3.58. The number of ether oxygens (including phenoxy) is 2. The van der Waals surface area contributed by atoms with Crippen LogP contribution in [-0.2, 0) is 23.2 Å². The Hall–Kier alpha value is -3.17. The van der Waals surface area contributed by atoms with E-state index in [1.54, 1.807) is 23.7 Å². The van der Waals surface area contributed by atoms with E-state index in [0.717, 1.165) is 25.1 Å². The first-order chi connectivity index (χ1) is 16.7. The van der Waals surface area contributed by atoms with Crippen molar-refractivity contribution in [2.75, 3.05) is 20.2 Å². The summed E-state index contributed by atoms with van der Waals surface area (Å²) in [5.41, 5.74) is 2.02. The van der Waals surface area contributed by atoms with E-state index >= 15 is 0 Å². The molecule has 0 saturated heterocycles. The fourth-order valence-corrected chi connectivity index (χ4v) is 5.85. The van der Waals surface area contributed by atoms with E-state index in [9.17, 15) is 14.7 Å². The van der Waals surface area contributed by atoms with Crippen LogP contribution >= 0.6 is 0 Å². The summed E-state index contributed by atoms with van der Waals surface area (Å²) in [6.45, 7) is 3.15. The second kappa shape index (κ2) is 8.80. The molecule has 4 fully saturated rings. The number of carbonyl (C=O) groups is 2. The molecule has 35 heavy (non-hydrogen) atoms. The van der Waals surface area contributed by atoms with Crippen molar-refractivity contribution in [3.63, 3.8) is 0 Å². The molecular formula is C25H33N5O5. The zero-order valence-electron chi connectivity index (χ0n) is 20.6. The van der Waals surface area contributed by atoms with Gasteiger partial charge in [-0.05, 0) is 63.5 Å². The van der Waals surface area contributed by atoms with Crippen LogP contribution in [-0.4, -0.2) is 62.2 Å². The summed E-state index contributed by atoms with van der Waals surface area (Å²) in [4.78, 5) is 30.2. The Labute approximate surface area is 204 Å². The summed E-state index contributed by atoms with van der Waals surface area (Å²) in [5, 5.41) is 17.8. The maximum Gasteiger partial charge on any atom is 0.409 e. The summed E-state index contributed by atoms with van der Waals surface area (Å²) < 4.78 is 13.2. The molecular weight excluding hydrogens is 450 g/mol. The smallest absolute Gasteiger partial charge is 0.409 e. The van der Waals surface area contributed by atoms with Gasteiger partial charge in [0, 0.05) is 26.1 Å². The zero-order chi connectivity index (χ0) is 24.8. The molecule has 2 heterocycles. The zero-order valence-corrected chi connectivity index (χ0v) is 20.6. The summed E-state index contributed by atoms with van der Waals surface area (Å²) in [7, 11) is 3.53. The highest BCUT2D eigenvalue weighted by Gasteiger charge is 2.65. The molecule has 0 aliphatic heterocycles. The lowest BCUT2D eigenvalue weighted by molar-refractivity contribution is -0.158. The molecule has 0 radical (unpaired) electrons. The van der Waals surface area contributed by atoms with Crippen molar-refractivity contribution in [2.24, 2.45) is 23.8 Å². The van der Waals surface area contributed by atoms with Gasteiger partial charge in [-0.15, -0.1) is 5.10 Å². The third-order valence-electron chi connectivity index (χ3n) is 8.17. The molecule has 0 spiro atoms. The molecule has 0 atom stereocenters. The van der Waals surface area contributed by atoms with Gasteiger partial charge in [0.25, 0.3) is 0 Å². The molecule has 0 unspecified atom stereocenters. The van der Waals surface area contributed by atoms with E-state index in [2.05, 4.69) is 15.3 Å². The lowest BCUT2D eigenvalue weighted by Gasteiger charge is -2.44. The van der Waals surface area contributed by atoms with Crippen LogP contribution in [0, 0.1) is 23.7 Å². The lowest BCUT2D eigenvalue weighted by Crippen LogP contribution is -2.45. The van der Waals surface area contributed by atoms with Gasteiger partial charge in [0.05, 0.1) is 23.4 Å². The van der Waals surface area contributed by atoms with E-state index in [1.165, 1.54) is 19.3 Å². The number of aryl methyl sites for hydroxylation is 2. The van der Waals surface area contributed by atoms with Gasteiger partial charge in [0.15, 0.2) is 0 Å². The van der Waals surface area contributed by atoms with Crippen molar-refractivity contribution < 1.29 is 24.2 Å². The third kappa shape index (κ3) is 4.34. The van der Waals surface area contributed by atoms with E-state index < -0.39 is 11.4 Å². The minimum Gasteiger partial charge on any atom is -0.491 e. The molecule has 2 bridgehead atoms. The molecule has 4 aliphatic rings. The summed E-state index contributed by atoms with van der Waals surface area (Å²) >= 11 is 0. The maximum absolute atomic E-state index is 12.4. The van der Waals surface area contributed by atoms with Crippen molar-refractivity contribution in [2.45, 2.75) is 58.5 Å². The molecule has 4 aliphatic carbocycles. The average molecular weight is 484 g/mol. The number of rotatable bonds is 9. The van der Waals surface area contributed by atoms with Crippen LogP contribution in [0.5, 0.6) is 5.75 Å². The van der Waals surface area contributed by atoms with Crippen molar-refractivity contribution in [1.29, 1.82) is 0 Å². The number of aromatic nitrogens is 4. The first-order valence-corrected chi connectivity index (χ1v) is 12.3. The largest absolute Gasteiger partial charge is 0.491 e. The van der Waals surface area contributed by atoms with E-state index in [1.807, 2.05) is 19.1 Å². The molecule has 4 saturated carbocycles. The number of hydrogen-bond acceptors (Lipinski definition) is 7. The Morgan fingerprint density at radius 1 is 1.26 bits per heavy atom. The standard InChI is InChI=1S/C25H33N5O5/c1-16-20(35-15-24-9-10-25(13-24,14-24)22(31)32)8-7-18(26-16)21-19(30(3)28-27-21)12-34-23(33)29(2)11-17-5-4-6-17/h7-8,17H,4-6,9-15H2,1-3H3,(H,31,32). The topological polar surface area (TPSA) is 120 Å². The first-order valence-electron chi connectivity index (χ1n) is 12.3. The number of hydrogen-bond donors (Lipinski definition) is 1. The number of carboxylic acid groups (broad SMARTS) is 1. The third-order valence-corrected chi connectivity index (χ3v) is 8.17. The Balaban J connectivity index is 1.21. The van der Waals surface area contributed by atoms with Gasteiger partial charge in [-0.1, -0.05) is 11.6 Å². The number of pyridine rings is 1. The molecule has 10 heteroatoms. The van der Waals surface area contributed by atoms with E-state index in [-0.39, 0.29) is 18.1 Å². The normalized spacial score (nSPS) is 25.0. The molecule has 188 valence electrons. The van der Waals surface area contributed by atoms with Gasteiger partial charge in [0.1, 0.15) is 23.7 Å². The number of carbonyl (C=O) groups excluding carboxylic acids is 1. The highest BCUT2D eigenvalue weighted by atomic mass is 16.6. The first kappa shape index (κ1) is 23.6. The van der Waals surface area contributed by atoms with Crippen molar-refractivity contribution >= 4 is 12.1 Å². The number of carboxylic acids is 1.